The van der Waals surface area contributed by atoms with Gasteiger partial charge < -0.3 is 10.6 Å². The summed E-state index contributed by atoms with van der Waals surface area (Å²) in [5.74, 6) is 0. The van der Waals surface area contributed by atoms with Crippen molar-refractivity contribution < 1.29 is 13.2 Å². The first-order valence-corrected chi connectivity index (χ1v) is 5.69. The summed E-state index contributed by atoms with van der Waals surface area (Å²) >= 11 is 0. The second-order valence-corrected chi connectivity index (χ2v) is 4.36. The molecule has 5 heteroatoms. The van der Waals surface area contributed by atoms with Gasteiger partial charge in [0.05, 0.1) is 5.56 Å². The fourth-order valence-corrected chi connectivity index (χ4v) is 2.13. The van der Waals surface area contributed by atoms with Crippen LogP contribution in [0.2, 0.25) is 0 Å². The van der Waals surface area contributed by atoms with Gasteiger partial charge in [-0.3, -0.25) is 0 Å². The zero-order valence-corrected chi connectivity index (χ0v) is 9.43. The molecule has 1 saturated heterocycles. The van der Waals surface area contributed by atoms with E-state index in [0.717, 1.165) is 38.4 Å². The highest BCUT2D eigenvalue weighted by Gasteiger charge is 2.31. The molecule has 0 bridgehead atoms. The third-order valence-corrected chi connectivity index (χ3v) is 2.99. The summed E-state index contributed by atoms with van der Waals surface area (Å²) in [5, 5.41) is 0. The van der Waals surface area contributed by atoms with Gasteiger partial charge in [0.25, 0.3) is 0 Å². The molecule has 1 aliphatic heterocycles. The van der Waals surface area contributed by atoms with E-state index in [2.05, 4.69) is 0 Å². The van der Waals surface area contributed by atoms with Gasteiger partial charge in [-0.15, -0.1) is 0 Å². The number of anilines is 2. The summed E-state index contributed by atoms with van der Waals surface area (Å²) in [6, 6.07) is 3.77. The molecule has 0 saturated carbocycles. The number of alkyl halides is 3. The molecule has 0 aliphatic carbocycles. The van der Waals surface area contributed by atoms with Crippen molar-refractivity contribution in [1.82, 2.24) is 0 Å². The molecule has 0 atom stereocenters. The first-order chi connectivity index (χ1) is 7.97. The van der Waals surface area contributed by atoms with Gasteiger partial charge in [0.1, 0.15) is 0 Å². The van der Waals surface area contributed by atoms with Crippen molar-refractivity contribution >= 4 is 11.4 Å². The average molecular weight is 244 g/mol. The summed E-state index contributed by atoms with van der Waals surface area (Å²) < 4.78 is 37.9. The number of benzene rings is 1. The molecular formula is C12H15F3N2. The number of piperidine rings is 1. The fourth-order valence-electron chi connectivity index (χ4n) is 2.13. The van der Waals surface area contributed by atoms with Crippen molar-refractivity contribution in [1.29, 1.82) is 0 Å². The number of halogens is 3. The second-order valence-electron chi connectivity index (χ2n) is 4.36. The zero-order chi connectivity index (χ0) is 12.5. The van der Waals surface area contributed by atoms with Crippen LogP contribution in [0.4, 0.5) is 24.5 Å². The normalized spacial score (nSPS) is 17.2. The summed E-state index contributed by atoms with van der Waals surface area (Å²) in [6.07, 6.45) is -1.14. The molecule has 17 heavy (non-hydrogen) atoms. The van der Waals surface area contributed by atoms with Crippen LogP contribution < -0.4 is 10.6 Å². The van der Waals surface area contributed by atoms with Crippen LogP contribution in [0.1, 0.15) is 24.8 Å². The number of hydrogen-bond acceptors (Lipinski definition) is 2. The Hall–Kier alpha value is -1.39. The van der Waals surface area contributed by atoms with Crippen molar-refractivity contribution in [2.45, 2.75) is 25.4 Å². The number of nitrogen functional groups attached to an aromatic ring is 1. The largest absolute Gasteiger partial charge is 0.416 e. The molecule has 0 radical (unpaired) electrons. The zero-order valence-electron chi connectivity index (χ0n) is 9.43. The van der Waals surface area contributed by atoms with Gasteiger partial charge in [-0.2, -0.15) is 13.2 Å². The third kappa shape index (κ3) is 2.84. The molecule has 2 N–H and O–H groups in total. The molecule has 1 fully saturated rings. The summed E-state index contributed by atoms with van der Waals surface area (Å²) in [5.41, 5.74) is 5.62. The lowest BCUT2D eigenvalue weighted by Gasteiger charge is -2.29. The van der Waals surface area contributed by atoms with Gasteiger partial charge in [0.15, 0.2) is 0 Å². The molecule has 94 valence electrons. The predicted molar refractivity (Wildman–Crippen MR) is 61.9 cm³/mol. The Morgan fingerprint density at radius 2 is 1.65 bits per heavy atom. The molecule has 2 nitrogen and oxygen atoms in total. The molecule has 0 unspecified atom stereocenters. The molecule has 1 aromatic carbocycles. The number of hydrogen-bond donors (Lipinski definition) is 1. The minimum atomic E-state index is -4.33. The van der Waals surface area contributed by atoms with E-state index >= 15 is 0 Å². The molecular weight excluding hydrogens is 229 g/mol. The highest BCUT2D eigenvalue weighted by Crippen LogP contribution is 2.34. The van der Waals surface area contributed by atoms with Crippen LogP contribution in [0.25, 0.3) is 0 Å². The standard InChI is InChI=1S/C12H15F3N2/c13-12(14,15)9-6-10(16)8-11(7-9)17-4-2-1-3-5-17/h6-8H,1-5,16H2. The van der Waals surface area contributed by atoms with Gasteiger partial charge in [0.2, 0.25) is 0 Å². The maximum absolute atomic E-state index is 12.6. The van der Waals surface area contributed by atoms with E-state index in [9.17, 15) is 13.2 Å². The lowest BCUT2D eigenvalue weighted by atomic mass is 10.1. The van der Waals surface area contributed by atoms with E-state index in [0.29, 0.717) is 5.69 Å². The van der Waals surface area contributed by atoms with Gasteiger partial charge in [-0.25, -0.2) is 0 Å². The smallest absolute Gasteiger partial charge is 0.399 e. The van der Waals surface area contributed by atoms with Crippen molar-refractivity contribution in [3.05, 3.63) is 23.8 Å². The Morgan fingerprint density at radius 3 is 2.24 bits per heavy atom. The number of rotatable bonds is 1. The van der Waals surface area contributed by atoms with Crippen molar-refractivity contribution in [2.24, 2.45) is 0 Å². The van der Waals surface area contributed by atoms with Crippen LogP contribution in [0.15, 0.2) is 18.2 Å². The Labute approximate surface area is 98.2 Å². The first kappa shape index (κ1) is 12.1. The molecule has 0 amide bonds. The van der Waals surface area contributed by atoms with E-state index in [-0.39, 0.29) is 5.69 Å². The minimum absolute atomic E-state index is 0.167. The highest BCUT2D eigenvalue weighted by molar-refractivity contribution is 5.59. The van der Waals surface area contributed by atoms with Crippen LogP contribution in [0.3, 0.4) is 0 Å². The lowest BCUT2D eigenvalue weighted by Crippen LogP contribution is -2.29. The van der Waals surface area contributed by atoms with Crippen LogP contribution in [0.5, 0.6) is 0 Å². The maximum Gasteiger partial charge on any atom is 0.416 e. The van der Waals surface area contributed by atoms with E-state index in [1.54, 1.807) is 6.07 Å². The summed E-state index contributed by atoms with van der Waals surface area (Å²) in [4.78, 5) is 1.97. The summed E-state index contributed by atoms with van der Waals surface area (Å²) in [7, 11) is 0. The molecule has 1 aromatic rings. The number of nitrogens with two attached hydrogens (primary N) is 1. The highest BCUT2D eigenvalue weighted by atomic mass is 19.4. The Kier molecular flexibility index (Phi) is 3.17. The van der Waals surface area contributed by atoms with Crippen molar-refractivity contribution in [3.63, 3.8) is 0 Å². The first-order valence-electron chi connectivity index (χ1n) is 5.69. The predicted octanol–water partition coefficient (Wildman–Crippen LogP) is 3.28. The Balaban J connectivity index is 2.31. The average Bonchev–Trinajstić information content (AvgIpc) is 2.28. The fraction of sp³-hybridized carbons (Fsp3) is 0.500. The van der Waals surface area contributed by atoms with Gasteiger partial charge in [-0.05, 0) is 37.5 Å². The SMILES string of the molecule is Nc1cc(N2CCCCC2)cc(C(F)(F)F)c1. The van der Waals surface area contributed by atoms with Crippen molar-refractivity contribution in [3.8, 4) is 0 Å². The van der Waals surface area contributed by atoms with Crippen LogP contribution >= 0.6 is 0 Å². The van der Waals surface area contributed by atoms with E-state index in [4.69, 9.17) is 5.73 Å². The van der Waals surface area contributed by atoms with Gasteiger partial charge in [-0.1, -0.05) is 0 Å². The molecule has 0 aromatic heterocycles. The van der Waals surface area contributed by atoms with E-state index in [1.165, 1.54) is 6.07 Å². The minimum Gasteiger partial charge on any atom is -0.399 e. The quantitative estimate of drug-likeness (QED) is 0.768. The van der Waals surface area contributed by atoms with E-state index in [1.807, 2.05) is 4.90 Å². The third-order valence-electron chi connectivity index (χ3n) is 2.99. The summed E-state index contributed by atoms with van der Waals surface area (Å²) in [6.45, 7) is 1.61. The monoisotopic (exact) mass is 244 g/mol. The molecule has 1 aliphatic rings. The van der Waals surface area contributed by atoms with Gasteiger partial charge in [0, 0.05) is 24.5 Å². The maximum atomic E-state index is 12.6. The van der Waals surface area contributed by atoms with Crippen LogP contribution in [0, 0.1) is 0 Å². The van der Waals surface area contributed by atoms with E-state index < -0.39 is 11.7 Å². The Morgan fingerprint density at radius 1 is 1.00 bits per heavy atom. The van der Waals surface area contributed by atoms with Gasteiger partial charge >= 0.3 is 6.18 Å². The van der Waals surface area contributed by atoms with Crippen LogP contribution in [-0.2, 0) is 6.18 Å². The molecule has 1 heterocycles. The Bertz CT molecular complexity index is 395. The molecule has 2 rings (SSSR count). The molecule has 0 spiro atoms. The lowest BCUT2D eigenvalue weighted by molar-refractivity contribution is -0.137. The number of nitrogens with zero attached hydrogens (tertiary/aromatic N) is 1. The van der Waals surface area contributed by atoms with Crippen molar-refractivity contribution in [2.75, 3.05) is 23.7 Å². The van der Waals surface area contributed by atoms with Crippen LogP contribution in [-0.4, -0.2) is 13.1 Å². The topological polar surface area (TPSA) is 29.3 Å². The second kappa shape index (κ2) is 4.47.